The zero-order valence-corrected chi connectivity index (χ0v) is 12.7. The molecule has 2 aliphatic rings. The summed E-state index contributed by atoms with van der Waals surface area (Å²) in [5.74, 6) is -1.73. The first kappa shape index (κ1) is 16.1. The van der Waals surface area contributed by atoms with E-state index in [0.717, 1.165) is 41.1 Å². The van der Waals surface area contributed by atoms with E-state index in [9.17, 15) is 18.0 Å². The van der Waals surface area contributed by atoms with Gasteiger partial charge in [-0.25, -0.2) is 0 Å². The summed E-state index contributed by atoms with van der Waals surface area (Å²) in [6, 6.07) is 7.03. The van der Waals surface area contributed by atoms with Crippen molar-refractivity contribution in [1.82, 2.24) is 10.2 Å². The standard InChI is InChI=1S/C17H19F3N2O/c18-17(19,20)16(23)22-11-3-6-15(22)14-5-2-1-4-13(14)12-7-9-21-10-8-12/h1-2,4-5,7,15,21H,3,6,8-11H2/t15-/m1/s1. The number of carbonyl (C=O) groups is 1. The lowest BCUT2D eigenvalue weighted by Gasteiger charge is -2.28. The lowest BCUT2D eigenvalue weighted by Crippen LogP contribution is -2.40. The first-order valence-corrected chi connectivity index (χ1v) is 7.85. The molecule has 1 aromatic rings. The normalized spacial score (nSPS) is 22.1. The third-order valence-electron chi connectivity index (χ3n) is 4.49. The van der Waals surface area contributed by atoms with Gasteiger partial charge in [0.05, 0.1) is 6.04 Å². The highest BCUT2D eigenvalue weighted by Crippen LogP contribution is 2.39. The third-order valence-corrected chi connectivity index (χ3v) is 4.49. The number of benzene rings is 1. The molecule has 0 bridgehead atoms. The number of alkyl halides is 3. The van der Waals surface area contributed by atoms with Crippen LogP contribution in [0.2, 0.25) is 0 Å². The molecule has 0 saturated carbocycles. The van der Waals surface area contributed by atoms with Crippen LogP contribution in [0.1, 0.15) is 36.4 Å². The Hall–Kier alpha value is -1.82. The van der Waals surface area contributed by atoms with E-state index in [-0.39, 0.29) is 6.54 Å². The number of nitrogens with zero attached hydrogens (tertiary/aromatic N) is 1. The van der Waals surface area contributed by atoms with E-state index in [1.54, 1.807) is 0 Å². The molecule has 0 unspecified atom stereocenters. The van der Waals surface area contributed by atoms with Crippen molar-refractivity contribution in [2.45, 2.75) is 31.5 Å². The van der Waals surface area contributed by atoms with Gasteiger partial charge in [-0.1, -0.05) is 30.3 Å². The lowest BCUT2D eigenvalue weighted by molar-refractivity contribution is -0.186. The number of halogens is 3. The maximum Gasteiger partial charge on any atom is 0.471 e. The van der Waals surface area contributed by atoms with Gasteiger partial charge >= 0.3 is 12.1 Å². The second kappa shape index (κ2) is 6.35. The average molecular weight is 324 g/mol. The average Bonchev–Trinajstić information content (AvgIpc) is 3.03. The van der Waals surface area contributed by atoms with Gasteiger partial charge < -0.3 is 10.2 Å². The molecule has 3 rings (SSSR count). The van der Waals surface area contributed by atoms with Crippen molar-refractivity contribution in [3.8, 4) is 0 Å². The molecule has 0 radical (unpaired) electrons. The first-order chi connectivity index (χ1) is 11.0. The molecular formula is C17H19F3N2O. The molecule has 1 fully saturated rings. The van der Waals surface area contributed by atoms with Crippen LogP contribution in [-0.4, -0.2) is 36.6 Å². The quantitative estimate of drug-likeness (QED) is 0.905. The topological polar surface area (TPSA) is 32.3 Å². The van der Waals surface area contributed by atoms with Crippen molar-refractivity contribution in [3.05, 3.63) is 41.5 Å². The maximum atomic E-state index is 12.8. The van der Waals surface area contributed by atoms with E-state index in [0.29, 0.717) is 12.8 Å². The number of rotatable bonds is 2. The summed E-state index contributed by atoms with van der Waals surface area (Å²) >= 11 is 0. The van der Waals surface area contributed by atoms with E-state index >= 15 is 0 Å². The Morgan fingerprint density at radius 1 is 1.26 bits per heavy atom. The molecule has 0 aromatic heterocycles. The minimum atomic E-state index is -4.81. The Bertz CT molecular complexity index is 625. The largest absolute Gasteiger partial charge is 0.471 e. The number of amides is 1. The summed E-state index contributed by atoms with van der Waals surface area (Å²) in [6.07, 6.45) is -0.721. The monoisotopic (exact) mass is 324 g/mol. The number of nitrogens with one attached hydrogen (secondary N) is 1. The molecule has 1 atom stereocenters. The summed E-state index contributed by atoms with van der Waals surface area (Å²) in [5, 5.41) is 3.23. The summed E-state index contributed by atoms with van der Waals surface area (Å²) in [6.45, 7) is 1.79. The fourth-order valence-electron chi connectivity index (χ4n) is 3.44. The number of hydrogen-bond donors (Lipinski definition) is 1. The molecule has 0 spiro atoms. The van der Waals surface area contributed by atoms with Gasteiger partial charge in [0, 0.05) is 13.1 Å². The van der Waals surface area contributed by atoms with Crippen molar-refractivity contribution in [2.24, 2.45) is 0 Å². The summed E-state index contributed by atoms with van der Waals surface area (Å²) in [4.78, 5) is 12.7. The van der Waals surface area contributed by atoms with Crippen LogP contribution >= 0.6 is 0 Å². The van der Waals surface area contributed by atoms with Crippen LogP contribution in [0.3, 0.4) is 0 Å². The van der Waals surface area contributed by atoms with E-state index in [2.05, 4.69) is 11.4 Å². The fourth-order valence-corrected chi connectivity index (χ4v) is 3.44. The highest BCUT2D eigenvalue weighted by Gasteiger charge is 2.46. The molecule has 2 aliphatic heterocycles. The van der Waals surface area contributed by atoms with Crippen molar-refractivity contribution in [1.29, 1.82) is 0 Å². The number of hydrogen-bond acceptors (Lipinski definition) is 2. The molecule has 1 amide bonds. The van der Waals surface area contributed by atoms with Crippen LogP contribution in [0.25, 0.3) is 5.57 Å². The smallest absolute Gasteiger partial charge is 0.328 e. The summed E-state index contributed by atoms with van der Waals surface area (Å²) in [5.41, 5.74) is 2.95. The Balaban J connectivity index is 1.95. The van der Waals surface area contributed by atoms with Gasteiger partial charge in [0.25, 0.3) is 0 Å². The van der Waals surface area contributed by atoms with Crippen molar-refractivity contribution < 1.29 is 18.0 Å². The van der Waals surface area contributed by atoms with Crippen LogP contribution in [0.15, 0.2) is 30.3 Å². The lowest BCUT2D eigenvalue weighted by atomic mass is 9.91. The molecule has 2 heterocycles. The van der Waals surface area contributed by atoms with Crippen LogP contribution in [0.5, 0.6) is 0 Å². The van der Waals surface area contributed by atoms with Gasteiger partial charge in [0.15, 0.2) is 0 Å². The third kappa shape index (κ3) is 3.27. The Kier molecular flexibility index (Phi) is 4.43. The van der Waals surface area contributed by atoms with E-state index < -0.39 is 18.1 Å². The second-order valence-corrected chi connectivity index (χ2v) is 5.93. The second-order valence-electron chi connectivity index (χ2n) is 5.93. The maximum absolute atomic E-state index is 12.8. The van der Waals surface area contributed by atoms with Crippen LogP contribution in [0.4, 0.5) is 13.2 Å². The van der Waals surface area contributed by atoms with Gasteiger partial charge in [0.2, 0.25) is 0 Å². The predicted octanol–water partition coefficient (Wildman–Crippen LogP) is 3.29. The SMILES string of the molecule is O=C(N1CCC[C@@H]1c1ccccc1C1=CCNCC1)C(F)(F)F. The Morgan fingerprint density at radius 3 is 2.74 bits per heavy atom. The van der Waals surface area contributed by atoms with Crippen LogP contribution in [-0.2, 0) is 4.79 Å². The van der Waals surface area contributed by atoms with Crippen LogP contribution < -0.4 is 5.32 Å². The van der Waals surface area contributed by atoms with Gasteiger partial charge in [0.1, 0.15) is 0 Å². The first-order valence-electron chi connectivity index (χ1n) is 7.85. The molecule has 6 heteroatoms. The zero-order valence-electron chi connectivity index (χ0n) is 12.7. The van der Waals surface area contributed by atoms with E-state index in [1.165, 1.54) is 0 Å². The Labute approximate surface area is 133 Å². The summed E-state index contributed by atoms with van der Waals surface area (Å²) < 4.78 is 38.5. The van der Waals surface area contributed by atoms with Gasteiger partial charge in [-0.15, -0.1) is 0 Å². The van der Waals surface area contributed by atoms with Crippen LogP contribution in [0, 0.1) is 0 Å². The fraction of sp³-hybridized carbons (Fsp3) is 0.471. The minimum Gasteiger partial charge on any atom is -0.328 e. The van der Waals surface area contributed by atoms with E-state index in [1.807, 2.05) is 24.3 Å². The number of likely N-dealkylation sites (tertiary alicyclic amines) is 1. The highest BCUT2D eigenvalue weighted by molar-refractivity contribution is 5.83. The van der Waals surface area contributed by atoms with Crippen molar-refractivity contribution >= 4 is 11.5 Å². The molecule has 3 nitrogen and oxygen atoms in total. The Morgan fingerprint density at radius 2 is 2.04 bits per heavy atom. The molecule has 1 N–H and O–H groups in total. The molecule has 1 aromatic carbocycles. The van der Waals surface area contributed by atoms with E-state index in [4.69, 9.17) is 0 Å². The zero-order chi connectivity index (χ0) is 16.4. The van der Waals surface area contributed by atoms with Gasteiger partial charge in [-0.05, 0) is 42.5 Å². The van der Waals surface area contributed by atoms with Gasteiger partial charge in [-0.2, -0.15) is 13.2 Å². The van der Waals surface area contributed by atoms with Crippen molar-refractivity contribution in [2.75, 3.05) is 19.6 Å². The van der Waals surface area contributed by atoms with Crippen molar-refractivity contribution in [3.63, 3.8) is 0 Å². The number of carbonyl (C=O) groups excluding carboxylic acids is 1. The molecule has 1 saturated heterocycles. The molecule has 23 heavy (non-hydrogen) atoms. The minimum absolute atomic E-state index is 0.165. The van der Waals surface area contributed by atoms with Gasteiger partial charge in [-0.3, -0.25) is 4.79 Å². The highest BCUT2D eigenvalue weighted by atomic mass is 19.4. The predicted molar refractivity (Wildman–Crippen MR) is 81.6 cm³/mol. The molecule has 124 valence electrons. The molecule has 0 aliphatic carbocycles. The molecular weight excluding hydrogens is 305 g/mol. The summed E-state index contributed by atoms with van der Waals surface area (Å²) in [7, 11) is 0.